The van der Waals surface area contributed by atoms with E-state index >= 15 is 0 Å². The van der Waals surface area contributed by atoms with Crippen LogP contribution < -0.4 is 10.0 Å². The lowest BCUT2D eigenvalue weighted by Crippen LogP contribution is -2.17. The van der Waals surface area contributed by atoms with Crippen LogP contribution in [0.4, 0.5) is 15.8 Å². The fourth-order valence-corrected chi connectivity index (χ4v) is 4.15. The third-order valence-corrected chi connectivity index (χ3v) is 6.03. The average Bonchev–Trinajstić information content (AvgIpc) is 2.66. The molecule has 0 spiro atoms. The Bertz CT molecular complexity index is 1180. The Morgan fingerprint density at radius 1 is 0.931 bits per heavy atom. The summed E-state index contributed by atoms with van der Waals surface area (Å²) >= 11 is 5.72. The van der Waals surface area contributed by atoms with E-state index in [9.17, 15) is 17.6 Å². The Morgan fingerprint density at radius 2 is 1.59 bits per heavy atom. The molecule has 0 saturated heterocycles. The maximum atomic E-state index is 13.3. The summed E-state index contributed by atoms with van der Waals surface area (Å²) in [5.74, 6) is -1.14. The van der Waals surface area contributed by atoms with E-state index in [-0.39, 0.29) is 15.5 Å². The van der Waals surface area contributed by atoms with E-state index in [1.807, 2.05) is 6.92 Å². The van der Waals surface area contributed by atoms with Crippen molar-refractivity contribution < 1.29 is 17.6 Å². The zero-order valence-electron chi connectivity index (χ0n) is 15.7. The van der Waals surface area contributed by atoms with Crippen LogP contribution in [0.1, 0.15) is 21.5 Å². The highest BCUT2D eigenvalue weighted by molar-refractivity contribution is 7.92. The highest BCUT2D eigenvalue weighted by Crippen LogP contribution is 2.23. The Kier molecular flexibility index (Phi) is 5.91. The van der Waals surface area contributed by atoms with Gasteiger partial charge in [0.2, 0.25) is 0 Å². The van der Waals surface area contributed by atoms with Gasteiger partial charge in [0.25, 0.3) is 15.9 Å². The molecule has 0 aliphatic carbocycles. The van der Waals surface area contributed by atoms with Crippen LogP contribution in [0, 0.1) is 19.7 Å². The van der Waals surface area contributed by atoms with Gasteiger partial charge in [0.15, 0.2) is 0 Å². The van der Waals surface area contributed by atoms with Crippen LogP contribution in [0.25, 0.3) is 0 Å². The third-order valence-electron chi connectivity index (χ3n) is 4.22. The predicted octanol–water partition coefficient (Wildman–Crippen LogP) is 5.15. The lowest BCUT2D eigenvalue weighted by atomic mass is 10.1. The first-order chi connectivity index (χ1) is 13.7. The number of rotatable bonds is 5. The molecule has 0 heterocycles. The van der Waals surface area contributed by atoms with Gasteiger partial charge in [0, 0.05) is 16.9 Å². The van der Waals surface area contributed by atoms with Crippen LogP contribution >= 0.6 is 11.6 Å². The molecule has 0 radical (unpaired) electrons. The van der Waals surface area contributed by atoms with Crippen molar-refractivity contribution in [2.24, 2.45) is 0 Å². The molecule has 8 heteroatoms. The van der Waals surface area contributed by atoms with Gasteiger partial charge in [-0.2, -0.15) is 0 Å². The zero-order chi connectivity index (χ0) is 21.2. The molecule has 0 aliphatic rings. The molecule has 0 unspecified atom stereocenters. The normalized spacial score (nSPS) is 11.2. The zero-order valence-corrected chi connectivity index (χ0v) is 17.2. The van der Waals surface area contributed by atoms with Gasteiger partial charge in [0.1, 0.15) is 5.82 Å². The molecule has 3 rings (SSSR count). The lowest BCUT2D eigenvalue weighted by molar-refractivity contribution is 0.102. The summed E-state index contributed by atoms with van der Waals surface area (Å²) < 4.78 is 41.4. The first kappa shape index (κ1) is 20.8. The van der Waals surface area contributed by atoms with Crippen LogP contribution in [0.5, 0.6) is 0 Å². The van der Waals surface area contributed by atoms with Gasteiger partial charge in [-0.3, -0.25) is 9.52 Å². The molecule has 3 aromatic rings. The summed E-state index contributed by atoms with van der Waals surface area (Å²) in [6.45, 7) is 3.55. The van der Waals surface area contributed by atoms with Crippen molar-refractivity contribution in [1.82, 2.24) is 0 Å². The van der Waals surface area contributed by atoms with Gasteiger partial charge in [-0.25, -0.2) is 12.8 Å². The minimum Gasteiger partial charge on any atom is -0.322 e. The highest BCUT2D eigenvalue weighted by Gasteiger charge is 2.19. The van der Waals surface area contributed by atoms with Gasteiger partial charge in [0.05, 0.1) is 9.92 Å². The first-order valence-electron chi connectivity index (χ1n) is 8.62. The van der Waals surface area contributed by atoms with E-state index in [1.54, 1.807) is 37.3 Å². The number of hydrogen-bond acceptors (Lipinski definition) is 3. The van der Waals surface area contributed by atoms with Crippen LogP contribution in [0.3, 0.4) is 0 Å². The van der Waals surface area contributed by atoms with Gasteiger partial charge in [-0.15, -0.1) is 0 Å². The minimum atomic E-state index is -3.90. The summed E-state index contributed by atoms with van der Waals surface area (Å²) in [5, 5.41) is 2.45. The van der Waals surface area contributed by atoms with E-state index in [1.165, 1.54) is 24.3 Å². The van der Waals surface area contributed by atoms with E-state index in [4.69, 9.17) is 11.6 Å². The second-order valence-corrected chi connectivity index (χ2v) is 8.59. The Balaban J connectivity index is 1.87. The quantitative estimate of drug-likeness (QED) is 0.585. The molecule has 0 fully saturated rings. The molecule has 150 valence electrons. The van der Waals surface area contributed by atoms with Crippen LogP contribution in [-0.4, -0.2) is 14.3 Å². The second kappa shape index (κ2) is 8.23. The molecule has 1 amide bonds. The summed E-state index contributed by atoms with van der Waals surface area (Å²) in [6.07, 6.45) is 0. The molecule has 0 bridgehead atoms. The smallest absolute Gasteiger partial charge is 0.262 e. The SMILES string of the molecule is Cc1ccc(NS(=O)(=O)c2cc(C(=O)Nc3ccc(F)c(Cl)c3)ccc2C)cc1. The number of nitrogens with one attached hydrogen (secondary N) is 2. The third kappa shape index (κ3) is 4.93. The van der Waals surface area contributed by atoms with Crippen LogP contribution in [-0.2, 0) is 10.0 Å². The number of carbonyl (C=O) groups is 1. The summed E-state index contributed by atoms with van der Waals surface area (Å²) in [5.41, 5.74) is 2.35. The molecule has 0 aromatic heterocycles. The number of aryl methyl sites for hydroxylation is 2. The minimum absolute atomic E-state index is 0.0112. The molecule has 29 heavy (non-hydrogen) atoms. The van der Waals surface area contributed by atoms with Crippen molar-refractivity contribution in [3.05, 3.63) is 88.2 Å². The number of halogens is 2. The van der Waals surface area contributed by atoms with E-state index in [0.29, 0.717) is 16.9 Å². The molecule has 5 nitrogen and oxygen atoms in total. The number of anilines is 2. The second-order valence-electron chi connectivity index (χ2n) is 6.53. The van der Waals surface area contributed by atoms with Gasteiger partial charge < -0.3 is 5.32 Å². The molecule has 2 N–H and O–H groups in total. The number of benzene rings is 3. The Morgan fingerprint density at radius 3 is 2.24 bits per heavy atom. The number of hydrogen-bond donors (Lipinski definition) is 2. The standard InChI is InChI=1S/C21H18ClFN2O3S/c1-13-3-7-16(8-4-13)25-29(27,28)20-11-15(6-5-14(20)2)21(26)24-17-9-10-19(23)18(22)12-17/h3-12,25H,1-2H3,(H,24,26). The molecule has 0 saturated carbocycles. The largest absolute Gasteiger partial charge is 0.322 e. The van der Waals surface area contributed by atoms with E-state index in [0.717, 1.165) is 11.6 Å². The van der Waals surface area contributed by atoms with Gasteiger partial charge >= 0.3 is 0 Å². The molecule has 0 atom stereocenters. The molecule has 3 aromatic carbocycles. The maximum absolute atomic E-state index is 13.3. The fraction of sp³-hybridized carbons (Fsp3) is 0.0952. The summed E-state index contributed by atoms with van der Waals surface area (Å²) in [6, 6.07) is 15.1. The van der Waals surface area contributed by atoms with Crippen molar-refractivity contribution in [3.63, 3.8) is 0 Å². The van der Waals surface area contributed by atoms with Crippen LogP contribution in [0.15, 0.2) is 65.6 Å². The fourth-order valence-electron chi connectivity index (χ4n) is 2.64. The van der Waals surface area contributed by atoms with Crippen molar-refractivity contribution in [2.75, 3.05) is 10.0 Å². The monoisotopic (exact) mass is 432 g/mol. The van der Waals surface area contributed by atoms with Crippen molar-refractivity contribution in [2.45, 2.75) is 18.7 Å². The highest BCUT2D eigenvalue weighted by atomic mass is 35.5. The number of amides is 1. The first-order valence-corrected chi connectivity index (χ1v) is 10.5. The summed E-state index contributed by atoms with van der Waals surface area (Å²) in [4.78, 5) is 12.5. The predicted molar refractivity (Wildman–Crippen MR) is 113 cm³/mol. The summed E-state index contributed by atoms with van der Waals surface area (Å²) in [7, 11) is -3.90. The Labute approximate surface area is 173 Å². The molecule has 0 aliphatic heterocycles. The maximum Gasteiger partial charge on any atom is 0.262 e. The average molecular weight is 433 g/mol. The van der Waals surface area contributed by atoms with Crippen molar-refractivity contribution in [1.29, 1.82) is 0 Å². The van der Waals surface area contributed by atoms with Crippen LogP contribution in [0.2, 0.25) is 5.02 Å². The number of carbonyl (C=O) groups excluding carboxylic acids is 1. The Hall–Kier alpha value is -2.90. The lowest BCUT2D eigenvalue weighted by Gasteiger charge is -2.12. The topological polar surface area (TPSA) is 75.3 Å². The van der Waals surface area contributed by atoms with Crippen molar-refractivity contribution >= 4 is 38.9 Å². The van der Waals surface area contributed by atoms with E-state index in [2.05, 4.69) is 10.0 Å². The van der Waals surface area contributed by atoms with E-state index < -0.39 is 21.7 Å². The number of sulfonamides is 1. The van der Waals surface area contributed by atoms with Crippen molar-refractivity contribution in [3.8, 4) is 0 Å². The van der Waals surface area contributed by atoms with Gasteiger partial charge in [-0.1, -0.05) is 35.4 Å². The molecular weight excluding hydrogens is 415 g/mol. The molecular formula is C21H18ClFN2O3S. The van der Waals surface area contributed by atoms with Gasteiger partial charge in [-0.05, 0) is 61.9 Å².